The van der Waals surface area contributed by atoms with E-state index in [0.717, 1.165) is 19.4 Å². The molecule has 98 valence electrons. The Kier molecular flexibility index (Phi) is 3.76. The second kappa shape index (κ2) is 5.14. The predicted molar refractivity (Wildman–Crippen MR) is 71.4 cm³/mol. The van der Waals surface area contributed by atoms with Crippen LogP contribution in [-0.2, 0) is 0 Å². The van der Waals surface area contributed by atoms with Crippen LogP contribution in [0.15, 0.2) is 12.1 Å². The van der Waals surface area contributed by atoms with E-state index in [2.05, 4.69) is 23.7 Å². The van der Waals surface area contributed by atoms with E-state index < -0.39 is 5.97 Å². The Balaban J connectivity index is 2.31. The summed E-state index contributed by atoms with van der Waals surface area (Å²) in [5.74, 6) is 0.205. The summed E-state index contributed by atoms with van der Waals surface area (Å²) in [6.07, 6.45) is 2.28. The summed E-state index contributed by atoms with van der Waals surface area (Å²) < 4.78 is 0. The SMILES string of the molecule is CC(C)CN(c1cc(C(=O)O)cc(Cl)n1)C1CC1. The molecule has 0 bridgehead atoms. The highest BCUT2D eigenvalue weighted by Gasteiger charge is 2.30. The second-order valence-corrected chi connectivity index (χ2v) is 5.51. The number of halogens is 1. The summed E-state index contributed by atoms with van der Waals surface area (Å²) in [6.45, 7) is 5.15. The van der Waals surface area contributed by atoms with Crippen LogP contribution in [0.25, 0.3) is 0 Å². The minimum Gasteiger partial charge on any atom is -0.478 e. The van der Waals surface area contributed by atoms with Crippen molar-refractivity contribution in [2.75, 3.05) is 11.4 Å². The number of hydrogen-bond acceptors (Lipinski definition) is 3. The monoisotopic (exact) mass is 268 g/mol. The first-order valence-corrected chi connectivity index (χ1v) is 6.52. The maximum atomic E-state index is 11.0. The van der Waals surface area contributed by atoms with E-state index in [9.17, 15) is 4.79 Å². The van der Waals surface area contributed by atoms with Crippen LogP contribution in [0.2, 0.25) is 5.15 Å². The molecule has 1 aromatic heterocycles. The molecule has 0 aliphatic heterocycles. The van der Waals surface area contributed by atoms with Crippen molar-refractivity contribution in [3.63, 3.8) is 0 Å². The summed E-state index contributed by atoms with van der Waals surface area (Å²) in [7, 11) is 0. The van der Waals surface area contributed by atoms with Crippen molar-refractivity contribution in [3.8, 4) is 0 Å². The molecule has 0 radical (unpaired) electrons. The first-order valence-electron chi connectivity index (χ1n) is 6.15. The van der Waals surface area contributed by atoms with Gasteiger partial charge in [-0.1, -0.05) is 25.4 Å². The van der Waals surface area contributed by atoms with Gasteiger partial charge < -0.3 is 10.0 Å². The topological polar surface area (TPSA) is 53.4 Å². The van der Waals surface area contributed by atoms with Gasteiger partial charge in [0.15, 0.2) is 0 Å². The van der Waals surface area contributed by atoms with Crippen LogP contribution in [0.1, 0.15) is 37.0 Å². The molecular weight excluding hydrogens is 252 g/mol. The number of aromatic nitrogens is 1. The molecule has 0 atom stereocenters. The lowest BCUT2D eigenvalue weighted by atomic mass is 10.2. The number of rotatable bonds is 5. The minimum atomic E-state index is -0.971. The van der Waals surface area contributed by atoms with Gasteiger partial charge in [-0.3, -0.25) is 0 Å². The summed E-state index contributed by atoms with van der Waals surface area (Å²) in [5.41, 5.74) is 0.194. The van der Waals surface area contributed by atoms with Crippen molar-refractivity contribution in [1.29, 1.82) is 0 Å². The quantitative estimate of drug-likeness (QED) is 0.834. The molecule has 5 heteroatoms. The lowest BCUT2D eigenvalue weighted by Gasteiger charge is -2.25. The van der Waals surface area contributed by atoms with E-state index in [1.54, 1.807) is 6.07 Å². The van der Waals surface area contributed by atoms with Gasteiger partial charge in [-0.05, 0) is 30.9 Å². The van der Waals surface area contributed by atoms with E-state index in [-0.39, 0.29) is 10.7 Å². The fourth-order valence-electron chi connectivity index (χ4n) is 1.96. The zero-order chi connectivity index (χ0) is 13.3. The van der Waals surface area contributed by atoms with Crippen molar-refractivity contribution in [2.24, 2.45) is 5.92 Å². The summed E-state index contributed by atoms with van der Waals surface area (Å²) in [5, 5.41) is 9.28. The summed E-state index contributed by atoms with van der Waals surface area (Å²) >= 11 is 5.90. The van der Waals surface area contributed by atoms with Crippen molar-refractivity contribution < 1.29 is 9.90 Å². The number of aromatic carboxylic acids is 1. The molecule has 1 aromatic rings. The molecule has 0 unspecified atom stereocenters. The second-order valence-electron chi connectivity index (χ2n) is 5.12. The third-order valence-corrected chi connectivity index (χ3v) is 3.06. The lowest BCUT2D eigenvalue weighted by Crippen LogP contribution is -2.30. The number of anilines is 1. The van der Waals surface area contributed by atoms with E-state index in [1.165, 1.54) is 6.07 Å². The standard InChI is InChI=1S/C13H17ClN2O2/c1-8(2)7-16(10-3-4-10)12-6-9(13(17)18)5-11(14)15-12/h5-6,8,10H,3-4,7H2,1-2H3,(H,17,18). The van der Waals surface area contributed by atoms with Gasteiger partial charge in [0.2, 0.25) is 0 Å². The highest BCUT2D eigenvalue weighted by molar-refractivity contribution is 6.29. The van der Waals surface area contributed by atoms with Crippen LogP contribution in [0.5, 0.6) is 0 Å². The Labute approximate surface area is 112 Å². The van der Waals surface area contributed by atoms with Gasteiger partial charge in [-0.25, -0.2) is 9.78 Å². The molecule has 1 fully saturated rings. The minimum absolute atomic E-state index is 0.194. The van der Waals surface area contributed by atoms with Crippen molar-refractivity contribution in [1.82, 2.24) is 4.98 Å². The third-order valence-electron chi connectivity index (χ3n) is 2.87. The molecule has 1 aliphatic rings. The molecule has 18 heavy (non-hydrogen) atoms. The van der Waals surface area contributed by atoms with E-state index >= 15 is 0 Å². The molecule has 1 heterocycles. The van der Waals surface area contributed by atoms with Crippen LogP contribution in [0.3, 0.4) is 0 Å². The van der Waals surface area contributed by atoms with E-state index in [0.29, 0.717) is 17.8 Å². The predicted octanol–water partition coefficient (Wildman–Crippen LogP) is 3.06. The average Bonchev–Trinajstić information content (AvgIpc) is 3.08. The van der Waals surface area contributed by atoms with Crippen molar-refractivity contribution >= 4 is 23.4 Å². The highest BCUT2D eigenvalue weighted by Crippen LogP contribution is 2.32. The first-order chi connectivity index (χ1) is 8.47. The molecule has 0 saturated heterocycles. The zero-order valence-electron chi connectivity index (χ0n) is 10.6. The van der Waals surface area contributed by atoms with Gasteiger partial charge >= 0.3 is 5.97 Å². The van der Waals surface area contributed by atoms with Gasteiger partial charge in [-0.2, -0.15) is 0 Å². The molecule has 1 saturated carbocycles. The van der Waals surface area contributed by atoms with Gasteiger partial charge in [0.05, 0.1) is 5.56 Å². The Morgan fingerprint density at radius 2 is 2.22 bits per heavy atom. The lowest BCUT2D eigenvalue weighted by molar-refractivity contribution is 0.0697. The zero-order valence-corrected chi connectivity index (χ0v) is 11.3. The highest BCUT2D eigenvalue weighted by atomic mass is 35.5. The largest absolute Gasteiger partial charge is 0.478 e. The Morgan fingerprint density at radius 3 is 2.72 bits per heavy atom. The number of carbonyl (C=O) groups is 1. The normalized spacial score (nSPS) is 14.9. The van der Waals surface area contributed by atoms with Crippen LogP contribution in [-0.4, -0.2) is 28.6 Å². The van der Waals surface area contributed by atoms with Gasteiger partial charge in [0.25, 0.3) is 0 Å². The molecule has 0 aromatic carbocycles. The summed E-state index contributed by atoms with van der Waals surface area (Å²) in [6, 6.07) is 3.47. The smallest absolute Gasteiger partial charge is 0.335 e. The Hall–Kier alpha value is -1.29. The molecule has 4 nitrogen and oxygen atoms in total. The van der Waals surface area contributed by atoms with Crippen molar-refractivity contribution in [2.45, 2.75) is 32.7 Å². The number of hydrogen-bond donors (Lipinski definition) is 1. The van der Waals surface area contributed by atoms with E-state index in [1.807, 2.05) is 0 Å². The average molecular weight is 269 g/mol. The maximum Gasteiger partial charge on any atom is 0.335 e. The number of nitrogens with zero attached hydrogens (tertiary/aromatic N) is 2. The van der Waals surface area contributed by atoms with Crippen LogP contribution in [0.4, 0.5) is 5.82 Å². The number of carboxylic acid groups (broad SMARTS) is 1. The molecule has 0 amide bonds. The van der Waals surface area contributed by atoms with Crippen LogP contribution >= 0.6 is 11.6 Å². The fourth-order valence-corrected chi connectivity index (χ4v) is 2.17. The molecule has 0 spiro atoms. The van der Waals surface area contributed by atoms with Gasteiger partial charge in [0, 0.05) is 12.6 Å². The molecule has 2 rings (SSSR count). The Bertz CT molecular complexity index is 458. The molecular formula is C13H17ClN2O2. The van der Waals surface area contributed by atoms with Gasteiger partial charge in [0.1, 0.15) is 11.0 Å². The third kappa shape index (κ3) is 3.13. The van der Waals surface area contributed by atoms with Gasteiger partial charge in [-0.15, -0.1) is 0 Å². The molecule has 1 N–H and O–H groups in total. The number of pyridine rings is 1. The van der Waals surface area contributed by atoms with E-state index in [4.69, 9.17) is 16.7 Å². The fraction of sp³-hybridized carbons (Fsp3) is 0.538. The Morgan fingerprint density at radius 1 is 1.56 bits per heavy atom. The first kappa shape index (κ1) is 13.1. The molecule has 1 aliphatic carbocycles. The van der Waals surface area contributed by atoms with Crippen LogP contribution in [0, 0.1) is 5.92 Å². The maximum absolute atomic E-state index is 11.0. The summed E-state index contributed by atoms with van der Waals surface area (Å²) in [4.78, 5) is 17.5. The van der Waals surface area contributed by atoms with Crippen LogP contribution < -0.4 is 4.90 Å². The number of carboxylic acids is 1. The van der Waals surface area contributed by atoms with Crippen molar-refractivity contribution in [3.05, 3.63) is 22.8 Å².